The first kappa shape index (κ1) is 15.3. The predicted octanol–water partition coefficient (Wildman–Crippen LogP) is 5.07. The third kappa shape index (κ3) is 3.60. The second-order valence-corrected chi connectivity index (χ2v) is 5.86. The minimum atomic E-state index is -0.0944. The second-order valence-electron chi connectivity index (χ2n) is 4.94. The maximum absolute atomic E-state index is 12.5. The van der Waals surface area contributed by atoms with Gasteiger partial charge in [-0.2, -0.15) is 0 Å². The Morgan fingerprint density at radius 1 is 1.04 bits per heavy atom. The number of hydrogen-bond donors (Lipinski definition) is 1. The minimum Gasteiger partial charge on any atom is -0.494 e. The summed E-state index contributed by atoms with van der Waals surface area (Å²) in [6.07, 6.45) is 0. The zero-order valence-electron chi connectivity index (χ0n) is 12.8. The van der Waals surface area contributed by atoms with Crippen LogP contribution in [0.25, 0.3) is 11.1 Å². The highest BCUT2D eigenvalue weighted by atomic mass is 32.1. The van der Waals surface area contributed by atoms with E-state index in [1.807, 2.05) is 73.0 Å². The SMILES string of the molecule is CCOc1ccc(NC(=O)c2sccc2-c2ccccc2)cc1. The molecule has 116 valence electrons. The lowest BCUT2D eigenvalue weighted by atomic mass is 10.1. The van der Waals surface area contributed by atoms with E-state index in [1.165, 1.54) is 11.3 Å². The van der Waals surface area contributed by atoms with Crippen LogP contribution in [0.5, 0.6) is 5.75 Å². The maximum Gasteiger partial charge on any atom is 0.266 e. The predicted molar refractivity (Wildman–Crippen MR) is 95.3 cm³/mol. The minimum absolute atomic E-state index is 0.0944. The molecule has 3 rings (SSSR count). The van der Waals surface area contributed by atoms with Gasteiger partial charge in [-0.3, -0.25) is 4.79 Å². The second kappa shape index (κ2) is 7.11. The first-order valence-corrected chi connectivity index (χ1v) is 8.33. The molecule has 0 aliphatic rings. The summed E-state index contributed by atoms with van der Waals surface area (Å²) >= 11 is 1.45. The van der Waals surface area contributed by atoms with Gasteiger partial charge in [0.15, 0.2) is 0 Å². The molecule has 0 saturated heterocycles. The maximum atomic E-state index is 12.5. The van der Waals surface area contributed by atoms with E-state index in [-0.39, 0.29) is 5.91 Å². The summed E-state index contributed by atoms with van der Waals surface area (Å²) in [7, 11) is 0. The molecule has 1 N–H and O–H groups in total. The first-order valence-electron chi connectivity index (χ1n) is 7.45. The summed E-state index contributed by atoms with van der Waals surface area (Å²) < 4.78 is 5.40. The zero-order chi connectivity index (χ0) is 16.1. The summed E-state index contributed by atoms with van der Waals surface area (Å²) in [6, 6.07) is 19.3. The number of carbonyl (C=O) groups excluding carboxylic acids is 1. The molecule has 0 aliphatic heterocycles. The molecule has 0 saturated carbocycles. The number of amides is 1. The topological polar surface area (TPSA) is 38.3 Å². The fourth-order valence-corrected chi connectivity index (χ4v) is 3.13. The molecule has 0 aliphatic carbocycles. The van der Waals surface area contributed by atoms with E-state index in [4.69, 9.17) is 4.74 Å². The first-order chi connectivity index (χ1) is 11.3. The number of thiophene rings is 1. The molecule has 0 fully saturated rings. The molecule has 3 nitrogen and oxygen atoms in total. The molecule has 23 heavy (non-hydrogen) atoms. The van der Waals surface area contributed by atoms with E-state index in [0.717, 1.165) is 22.6 Å². The highest BCUT2D eigenvalue weighted by molar-refractivity contribution is 7.12. The van der Waals surface area contributed by atoms with Crippen LogP contribution in [-0.4, -0.2) is 12.5 Å². The Bertz CT molecular complexity index is 779. The van der Waals surface area contributed by atoms with Crippen molar-refractivity contribution in [3.8, 4) is 16.9 Å². The van der Waals surface area contributed by atoms with Crippen LogP contribution in [0.1, 0.15) is 16.6 Å². The van der Waals surface area contributed by atoms with Gasteiger partial charge in [-0.1, -0.05) is 30.3 Å². The Morgan fingerprint density at radius 3 is 2.48 bits per heavy atom. The van der Waals surface area contributed by atoms with Gasteiger partial charge in [-0.25, -0.2) is 0 Å². The standard InChI is InChI=1S/C19H17NO2S/c1-2-22-16-10-8-15(9-11-16)20-19(21)18-17(12-13-23-18)14-6-4-3-5-7-14/h3-13H,2H2,1H3,(H,20,21). The summed E-state index contributed by atoms with van der Waals surface area (Å²) in [5, 5.41) is 4.88. The van der Waals surface area contributed by atoms with Gasteiger partial charge in [-0.15, -0.1) is 11.3 Å². The Hall–Kier alpha value is -2.59. The molecule has 0 spiro atoms. The summed E-state index contributed by atoms with van der Waals surface area (Å²) in [4.78, 5) is 13.3. The number of anilines is 1. The Kier molecular flexibility index (Phi) is 4.74. The van der Waals surface area contributed by atoms with E-state index in [9.17, 15) is 4.79 Å². The van der Waals surface area contributed by atoms with Crippen molar-refractivity contribution in [2.75, 3.05) is 11.9 Å². The monoisotopic (exact) mass is 323 g/mol. The average Bonchev–Trinajstić information content (AvgIpc) is 3.07. The number of hydrogen-bond acceptors (Lipinski definition) is 3. The highest BCUT2D eigenvalue weighted by Crippen LogP contribution is 2.29. The molecule has 3 aromatic rings. The average molecular weight is 323 g/mol. The molecule has 2 aromatic carbocycles. The van der Waals surface area contributed by atoms with Crippen LogP contribution < -0.4 is 10.1 Å². The van der Waals surface area contributed by atoms with Gasteiger partial charge in [0.05, 0.1) is 11.5 Å². The van der Waals surface area contributed by atoms with Gasteiger partial charge < -0.3 is 10.1 Å². The van der Waals surface area contributed by atoms with Gasteiger partial charge in [-0.05, 0) is 48.2 Å². The van der Waals surface area contributed by atoms with E-state index in [1.54, 1.807) is 0 Å². The van der Waals surface area contributed by atoms with Crippen molar-refractivity contribution in [3.05, 3.63) is 70.9 Å². The Morgan fingerprint density at radius 2 is 1.78 bits per heavy atom. The Balaban J connectivity index is 1.78. The van der Waals surface area contributed by atoms with Crippen LogP contribution >= 0.6 is 11.3 Å². The van der Waals surface area contributed by atoms with Crippen molar-refractivity contribution >= 4 is 22.9 Å². The summed E-state index contributed by atoms with van der Waals surface area (Å²) in [5.74, 6) is 0.703. The fraction of sp³-hybridized carbons (Fsp3) is 0.105. The van der Waals surface area contributed by atoms with Crippen LogP contribution in [0.3, 0.4) is 0 Å². The molecule has 0 bridgehead atoms. The molecular formula is C19H17NO2S. The van der Waals surface area contributed by atoms with Gasteiger partial charge in [0.2, 0.25) is 0 Å². The lowest BCUT2D eigenvalue weighted by molar-refractivity contribution is 0.103. The molecule has 0 atom stereocenters. The highest BCUT2D eigenvalue weighted by Gasteiger charge is 2.14. The fourth-order valence-electron chi connectivity index (χ4n) is 2.32. The van der Waals surface area contributed by atoms with Gasteiger partial charge in [0.25, 0.3) is 5.91 Å². The van der Waals surface area contributed by atoms with Gasteiger partial charge >= 0.3 is 0 Å². The van der Waals surface area contributed by atoms with Gasteiger partial charge in [0, 0.05) is 11.3 Å². The van der Waals surface area contributed by atoms with E-state index in [0.29, 0.717) is 11.5 Å². The molecule has 0 unspecified atom stereocenters. The van der Waals surface area contributed by atoms with Crippen LogP contribution in [0, 0.1) is 0 Å². The summed E-state index contributed by atoms with van der Waals surface area (Å²) in [5.41, 5.74) is 2.76. The quantitative estimate of drug-likeness (QED) is 0.712. The van der Waals surface area contributed by atoms with Crippen molar-refractivity contribution in [1.29, 1.82) is 0 Å². The third-order valence-corrected chi connectivity index (χ3v) is 4.29. The van der Waals surface area contributed by atoms with E-state index >= 15 is 0 Å². The molecule has 1 heterocycles. The smallest absolute Gasteiger partial charge is 0.266 e. The molecule has 1 amide bonds. The third-order valence-electron chi connectivity index (χ3n) is 3.38. The van der Waals surface area contributed by atoms with Crippen molar-refractivity contribution in [3.63, 3.8) is 0 Å². The normalized spacial score (nSPS) is 10.3. The number of benzene rings is 2. The summed E-state index contributed by atoms with van der Waals surface area (Å²) in [6.45, 7) is 2.57. The molecule has 4 heteroatoms. The number of rotatable bonds is 5. The van der Waals surface area contributed by atoms with Crippen molar-refractivity contribution in [2.45, 2.75) is 6.92 Å². The van der Waals surface area contributed by atoms with E-state index < -0.39 is 0 Å². The van der Waals surface area contributed by atoms with Crippen molar-refractivity contribution in [1.82, 2.24) is 0 Å². The van der Waals surface area contributed by atoms with Crippen molar-refractivity contribution < 1.29 is 9.53 Å². The van der Waals surface area contributed by atoms with Crippen molar-refractivity contribution in [2.24, 2.45) is 0 Å². The van der Waals surface area contributed by atoms with Crippen LogP contribution in [0.4, 0.5) is 5.69 Å². The largest absolute Gasteiger partial charge is 0.494 e. The number of carbonyl (C=O) groups is 1. The molecular weight excluding hydrogens is 306 g/mol. The van der Waals surface area contributed by atoms with Crippen LogP contribution in [0.2, 0.25) is 0 Å². The van der Waals surface area contributed by atoms with Crippen LogP contribution in [-0.2, 0) is 0 Å². The molecule has 1 aromatic heterocycles. The molecule has 0 radical (unpaired) electrons. The lowest BCUT2D eigenvalue weighted by Crippen LogP contribution is -2.11. The number of nitrogens with one attached hydrogen (secondary N) is 1. The van der Waals surface area contributed by atoms with Crippen LogP contribution in [0.15, 0.2) is 66.0 Å². The lowest BCUT2D eigenvalue weighted by Gasteiger charge is -2.08. The van der Waals surface area contributed by atoms with E-state index in [2.05, 4.69) is 5.32 Å². The Labute approximate surface area is 139 Å². The zero-order valence-corrected chi connectivity index (χ0v) is 13.6. The number of ether oxygens (including phenoxy) is 1. The van der Waals surface area contributed by atoms with Gasteiger partial charge in [0.1, 0.15) is 5.75 Å².